The second kappa shape index (κ2) is 4.42. The average molecular weight is 192 g/mol. The molecule has 1 aromatic rings. The van der Waals surface area contributed by atoms with Crippen LogP contribution < -0.4 is 5.32 Å². The summed E-state index contributed by atoms with van der Waals surface area (Å²) < 4.78 is 0. The van der Waals surface area contributed by atoms with Gasteiger partial charge in [-0.2, -0.15) is 0 Å². The second-order valence-electron chi connectivity index (χ2n) is 3.86. The molecular formula is C11H16N2O. The summed E-state index contributed by atoms with van der Waals surface area (Å²) in [6.45, 7) is 0. The van der Waals surface area contributed by atoms with Crippen molar-refractivity contribution in [1.82, 2.24) is 4.98 Å². The van der Waals surface area contributed by atoms with E-state index in [4.69, 9.17) is 0 Å². The Labute approximate surface area is 84.2 Å². The molecule has 1 aliphatic carbocycles. The number of aromatic nitrogens is 1. The summed E-state index contributed by atoms with van der Waals surface area (Å²) >= 11 is 0. The van der Waals surface area contributed by atoms with E-state index < -0.39 is 0 Å². The molecule has 2 rings (SSSR count). The normalized spacial score (nSPS) is 27.2. The van der Waals surface area contributed by atoms with Gasteiger partial charge in [-0.25, -0.2) is 4.98 Å². The Morgan fingerprint density at radius 1 is 1.21 bits per heavy atom. The predicted octanol–water partition coefficient (Wildman–Crippen LogP) is 1.80. The molecule has 3 nitrogen and oxygen atoms in total. The van der Waals surface area contributed by atoms with Gasteiger partial charge in [-0.15, -0.1) is 0 Å². The zero-order valence-electron chi connectivity index (χ0n) is 8.19. The van der Waals surface area contributed by atoms with Crippen molar-refractivity contribution in [3.63, 3.8) is 0 Å². The maximum atomic E-state index is 9.35. The van der Waals surface area contributed by atoms with Crippen LogP contribution in [0.4, 0.5) is 5.82 Å². The monoisotopic (exact) mass is 192 g/mol. The van der Waals surface area contributed by atoms with E-state index in [-0.39, 0.29) is 6.10 Å². The Bertz CT molecular complexity index is 268. The lowest BCUT2D eigenvalue weighted by Crippen LogP contribution is -2.28. The van der Waals surface area contributed by atoms with Crippen LogP contribution in [-0.4, -0.2) is 22.2 Å². The van der Waals surface area contributed by atoms with Gasteiger partial charge >= 0.3 is 0 Å². The SMILES string of the molecule is O[C@H]1CC[C@@H](Nc2ccccn2)CC1. The van der Waals surface area contributed by atoms with Crippen molar-refractivity contribution in [2.24, 2.45) is 0 Å². The summed E-state index contributed by atoms with van der Waals surface area (Å²) in [4.78, 5) is 4.22. The van der Waals surface area contributed by atoms with Crippen molar-refractivity contribution in [1.29, 1.82) is 0 Å². The van der Waals surface area contributed by atoms with Gasteiger partial charge < -0.3 is 10.4 Å². The van der Waals surface area contributed by atoms with Crippen molar-refractivity contribution in [3.8, 4) is 0 Å². The molecule has 1 aromatic heterocycles. The minimum atomic E-state index is -0.0863. The third kappa shape index (κ3) is 2.45. The number of nitrogens with one attached hydrogen (secondary N) is 1. The molecule has 76 valence electrons. The molecule has 0 atom stereocenters. The Hall–Kier alpha value is -1.09. The molecule has 14 heavy (non-hydrogen) atoms. The van der Waals surface area contributed by atoms with Crippen LogP contribution in [0.5, 0.6) is 0 Å². The number of hydrogen-bond acceptors (Lipinski definition) is 3. The first-order valence-electron chi connectivity index (χ1n) is 5.20. The van der Waals surface area contributed by atoms with Crippen LogP contribution in [0.3, 0.4) is 0 Å². The van der Waals surface area contributed by atoms with Gasteiger partial charge in [-0.05, 0) is 37.8 Å². The van der Waals surface area contributed by atoms with E-state index in [1.54, 1.807) is 6.20 Å². The fourth-order valence-corrected chi connectivity index (χ4v) is 1.88. The Kier molecular flexibility index (Phi) is 2.99. The third-order valence-corrected chi connectivity index (χ3v) is 2.71. The van der Waals surface area contributed by atoms with E-state index in [0.717, 1.165) is 31.5 Å². The van der Waals surface area contributed by atoms with Crippen molar-refractivity contribution in [2.45, 2.75) is 37.8 Å². The number of nitrogens with zero attached hydrogens (tertiary/aromatic N) is 1. The topological polar surface area (TPSA) is 45.1 Å². The van der Waals surface area contributed by atoms with Crippen LogP contribution in [0, 0.1) is 0 Å². The van der Waals surface area contributed by atoms with E-state index in [0.29, 0.717) is 6.04 Å². The molecular weight excluding hydrogens is 176 g/mol. The van der Waals surface area contributed by atoms with Gasteiger partial charge in [0, 0.05) is 12.2 Å². The highest BCUT2D eigenvalue weighted by Gasteiger charge is 2.18. The molecule has 1 heterocycles. The van der Waals surface area contributed by atoms with E-state index in [2.05, 4.69) is 10.3 Å². The van der Waals surface area contributed by atoms with Crippen LogP contribution in [0.1, 0.15) is 25.7 Å². The molecule has 1 saturated carbocycles. The fourth-order valence-electron chi connectivity index (χ4n) is 1.88. The summed E-state index contributed by atoms with van der Waals surface area (Å²) in [6, 6.07) is 6.35. The quantitative estimate of drug-likeness (QED) is 0.751. The lowest BCUT2D eigenvalue weighted by Gasteiger charge is -2.26. The molecule has 1 aliphatic rings. The Balaban J connectivity index is 1.87. The Morgan fingerprint density at radius 3 is 2.64 bits per heavy atom. The first kappa shape index (κ1) is 9.46. The highest BCUT2D eigenvalue weighted by Crippen LogP contribution is 2.20. The molecule has 0 aliphatic heterocycles. The number of anilines is 1. The average Bonchev–Trinajstić information content (AvgIpc) is 2.23. The zero-order valence-corrected chi connectivity index (χ0v) is 8.19. The maximum Gasteiger partial charge on any atom is 0.126 e. The summed E-state index contributed by atoms with van der Waals surface area (Å²) in [5.74, 6) is 0.939. The highest BCUT2D eigenvalue weighted by molar-refractivity contribution is 5.34. The number of hydrogen-bond donors (Lipinski definition) is 2. The molecule has 0 spiro atoms. The lowest BCUT2D eigenvalue weighted by molar-refractivity contribution is 0.126. The highest BCUT2D eigenvalue weighted by atomic mass is 16.3. The van der Waals surface area contributed by atoms with E-state index >= 15 is 0 Å². The van der Waals surface area contributed by atoms with Crippen LogP contribution >= 0.6 is 0 Å². The lowest BCUT2D eigenvalue weighted by atomic mass is 9.93. The van der Waals surface area contributed by atoms with Crippen LogP contribution in [0.25, 0.3) is 0 Å². The van der Waals surface area contributed by atoms with Crippen molar-refractivity contribution >= 4 is 5.82 Å². The van der Waals surface area contributed by atoms with Crippen molar-refractivity contribution in [3.05, 3.63) is 24.4 Å². The third-order valence-electron chi connectivity index (χ3n) is 2.71. The van der Waals surface area contributed by atoms with Crippen molar-refractivity contribution in [2.75, 3.05) is 5.32 Å². The largest absolute Gasteiger partial charge is 0.393 e. The molecule has 1 fully saturated rings. The minimum absolute atomic E-state index is 0.0863. The van der Waals surface area contributed by atoms with Gasteiger partial charge in [-0.3, -0.25) is 0 Å². The first-order valence-corrected chi connectivity index (χ1v) is 5.20. The molecule has 2 N–H and O–H groups in total. The molecule has 3 heteroatoms. The fraction of sp³-hybridized carbons (Fsp3) is 0.545. The molecule has 0 amide bonds. The summed E-state index contributed by atoms with van der Waals surface area (Å²) in [7, 11) is 0. The van der Waals surface area contributed by atoms with E-state index in [1.165, 1.54) is 0 Å². The number of aliphatic hydroxyl groups excluding tert-OH is 1. The smallest absolute Gasteiger partial charge is 0.126 e. The molecule has 0 radical (unpaired) electrons. The van der Waals surface area contributed by atoms with E-state index in [1.807, 2.05) is 18.2 Å². The van der Waals surface area contributed by atoms with Gasteiger partial charge in [0.05, 0.1) is 6.10 Å². The van der Waals surface area contributed by atoms with Gasteiger partial charge in [0.1, 0.15) is 5.82 Å². The van der Waals surface area contributed by atoms with Gasteiger partial charge in [-0.1, -0.05) is 6.07 Å². The maximum absolute atomic E-state index is 9.35. The van der Waals surface area contributed by atoms with Gasteiger partial charge in [0.25, 0.3) is 0 Å². The van der Waals surface area contributed by atoms with Crippen LogP contribution in [-0.2, 0) is 0 Å². The predicted molar refractivity (Wildman–Crippen MR) is 56.1 cm³/mol. The summed E-state index contributed by atoms with van der Waals surface area (Å²) in [5, 5.41) is 12.7. The molecule has 0 aromatic carbocycles. The van der Waals surface area contributed by atoms with Crippen molar-refractivity contribution < 1.29 is 5.11 Å². The Morgan fingerprint density at radius 2 is 2.00 bits per heavy atom. The summed E-state index contributed by atoms with van der Waals surface area (Å²) in [6.07, 6.45) is 5.60. The minimum Gasteiger partial charge on any atom is -0.393 e. The number of pyridine rings is 1. The molecule has 0 unspecified atom stereocenters. The second-order valence-corrected chi connectivity index (χ2v) is 3.86. The number of aliphatic hydroxyl groups is 1. The summed E-state index contributed by atoms with van der Waals surface area (Å²) in [5.41, 5.74) is 0. The molecule has 0 bridgehead atoms. The number of rotatable bonds is 2. The van der Waals surface area contributed by atoms with Crippen LogP contribution in [0.15, 0.2) is 24.4 Å². The van der Waals surface area contributed by atoms with Gasteiger partial charge in [0.15, 0.2) is 0 Å². The first-order chi connectivity index (χ1) is 6.84. The van der Waals surface area contributed by atoms with Gasteiger partial charge in [0.2, 0.25) is 0 Å². The standard InChI is InChI=1S/C11H16N2O/c14-10-6-4-9(5-7-10)13-11-3-1-2-8-12-11/h1-3,8-10,14H,4-7H2,(H,12,13)/t9-,10+. The zero-order chi connectivity index (χ0) is 9.80. The van der Waals surface area contributed by atoms with Crippen LogP contribution in [0.2, 0.25) is 0 Å². The van der Waals surface area contributed by atoms with E-state index in [9.17, 15) is 5.11 Å². The molecule has 0 saturated heterocycles.